The molecule has 0 aliphatic carbocycles. The maximum absolute atomic E-state index is 13.2. The summed E-state index contributed by atoms with van der Waals surface area (Å²) in [6, 6.07) is 38.9. The van der Waals surface area contributed by atoms with E-state index in [1.807, 2.05) is 30.3 Å². The van der Waals surface area contributed by atoms with Crippen molar-refractivity contribution in [3.8, 4) is 11.5 Å². The van der Waals surface area contributed by atoms with Gasteiger partial charge in [-0.05, 0) is 71.8 Å². The first-order chi connectivity index (χ1) is 23.4. The average molecular weight is 643 g/mol. The quantitative estimate of drug-likeness (QED) is 0.141. The van der Waals surface area contributed by atoms with Crippen LogP contribution in [0.3, 0.4) is 0 Å². The number of nitrogens with zero attached hydrogens (tertiary/aromatic N) is 1. The fourth-order valence-electron chi connectivity index (χ4n) is 4.87. The second-order valence-corrected chi connectivity index (χ2v) is 10.9. The number of carboxylic acids is 1. The van der Waals surface area contributed by atoms with Gasteiger partial charge in [0, 0.05) is 23.1 Å². The van der Waals surface area contributed by atoms with Crippen LogP contribution in [0, 0.1) is 0 Å². The van der Waals surface area contributed by atoms with Crippen molar-refractivity contribution < 1.29 is 33.8 Å². The largest absolute Gasteiger partial charge is 0.492 e. The third kappa shape index (κ3) is 9.17. The Hall–Kier alpha value is -6.22. The van der Waals surface area contributed by atoms with Crippen LogP contribution in [0.4, 0.5) is 0 Å². The van der Waals surface area contributed by atoms with Crippen molar-refractivity contribution in [1.29, 1.82) is 0 Å². The Labute approximate surface area is 278 Å². The number of hydrogen-bond donors (Lipinski definition) is 2. The van der Waals surface area contributed by atoms with Gasteiger partial charge < -0.3 is 19.9 Å². The Bertz CT molecular complexity index is 1760. The molecule has 2 N–H and O–H groups in total. The number of amides is 3. The lowest BCUT2D eigenvalue weighted by atomic mass is 10.1. The van der Waals surface area contributed by atoms with Crippen molar-refractivity contribution >= 4 is 23.7 Å². The molecule has 1 atom stereocenters. The van der Waals surface area contributed by atoms with E-state index in [2.05, 4.69) is 5.32 Å². The molecule has 0 aliphatic rings. The predicted molar refractivity (Wildman–Crippen MR) is 180 cm³/mol. The molecule has 9 nitrogen and oxygen atoms in total. The summed E-state index contributed by atoms with van der Waals surface area (Å²) in [5.74, 6) is -1.53. The predicted octanol–water partition coefficient (Wildman–Crippen LogP) is 6.05. The molecule has 9 heteroatoms. The van der Waals surface area contributed by atoms with Crippen LogP contribution in [0.2, 0.25) is 0 Å². The van der Waals surface area contributed by atoms with E-state index in [0.29, 0.717) is 29.2 Å². The number of rotatable bonds is 14. The fourth-order valence-corrected chi connectivity index (χ4v) is 4.87. The number of aliphatic carboxylic acids is 1. The minimum absolute atomic E-state index is 0.00981. The highest BCUT2D eigenvalue weighted by molar-refractivity contribution is 6.10. The standard InChI is InChI=1S/C39H34N2O7/c42-36(40-35(39(45)46)26-28-16-20-34(21-17-28)48-27-29-10-4-1-5-11-29)30-18-22-33(23-19-30)47-25-24-41(37(43)31-12-6-2-7-13-31)38(44)32-14-8-3-9-15-32/h1-23,35H,24-27H2,(H,40,42)(H,45,46). The van der Waals surface area contributed by atoms with Gasteiger partial charge in [-0.1, -0.05) is 78.9 Å². The van der Waals surface area contributed by atoms with Crippen molar-refractivity contribution in [2.45, 2.75) is 19.1 Å². The first-order valence-electron chi connectivity index (χ1n) is 15.4. The number of carbonyl (C=O) groups is 4. The minimum atomic E-state index is -1.16. The number of carbonyl (C=O) groups excluding carboxylic acids is 3. The number of carboxylic acid groups (broad SMARTS) is 1. The van der Waals surface area contributed by atoms with Crippen molar-refractivity contribution in [3.63, 3.8) is 0 Å². The molecule has 0 radical (unpaired) electrons. The zero-order chi connectivity index (χ0) is 33.7. The van der Waals surface area contributed by atoms with Crippen LogP contribution in [-0.2, 0) is 17.8 Å². The van der Waals surface area contributed by atoms with E-state index in [9.17, 15) is 24.3 Å². The summed E-state index contributed by atoms with van der Waals surface area (Å²) in [6.07, 6.45) is 0.0845. The van der Waals surface area contributed by atoms with E-state index < -0.39 is 29.7 Å². The molecule has 48 heavy (non-hydrogen) atoms. The molecule has 1 unspecified atom stereocenters. The first kappa shape index (κ1) is 33.2. The topological polar surface area (TPSA) is 122 Å². The van der Waals surface area contributed by atoms with E-state index in [-0.39, 0.29) is 25.1 Å². The summed E-state index contributed by atoms with van der Waals surface area (Å²) in [7, 11) is 0. The zero-order valence-corrected chi connectivity index (χ0v) is 26.0. The van der Waals surface area contributed by atoms with Gasteiger partial charge in [-0.3, -0.25) is 19.3 Å². The van der Waals surface area contributed by atoms with Crippen LogP contribution in [0.5, 0.6) is 11.5 Å². The third-order valence-electron chi connectivity index (χ3n) is 7.45. The normalized spacial score (nSPS) is 11.2. The lowest BCUT2D eigenvalue weighted by Crippen LogP contribution is -2.42. The Morgan fingerprint density at radius 1 is 0.583 bits per heavy atom. The molecule has 0 aromatic heterocycles. The number of ether oxygens (including phenoxy) is 2. The van der Waals surface area contributed by atoms with Gasteiger partial charge in [0.15, 0.2) is 0 Å². The van der Waals surface area contributed by atoms with Crippen molar-refractivity contribution in [3.05, 3.63) is 167 Å². The molecular formula is C39H34N2O7. The number of benzene rings is 5. The lowest BCUT2D eigenvalue weighted by molar-refractivity contribution is -0.139. The van der Waals surface area contributed by atoms with Crippen LogP contribution in [0.25, 0.3) is 0 Å². The van der Waals surface area contributed by atoms with Gasteiger partial charge in [0.1, 0.15) is 30.8 Å². The molecule has 0 bridgehead atoms. The Morgan fingerprint density at radius 2 is 1.08 bits per heavy atom. The molecule has 5 aromatic carbocycles. The van der Waals surface area contributed by atoms with Crippen LogP contribution in [0.15, 0.2) is 140 Å². The van der Waals surface area contributed by atoms with E-state index in [1.165, 1.54) is 12.1 Å². The summed E-state index contributed by atoms with van der Waals surface area (Å²) in [4.78, 5) is 52.5. The summed E-state index contributed by atoms with van der Waals surface area (Å²) < 4.78 is 11.6. The molecule has 0 spiro atoms. The maximum atomic E-state index is 13.2. The summed E-state index contributed by atoms with van der Waals surface area (Å²) >= 11 is 0. The van der Waals surface area contributed by atoms with Gasteiger partial charge in [-0.25, -0.2) is 4.79 Å². The highest BCUT2D eigenvalue weighted by Crippen LogP contribution is 2.17. The van der Waals surface area contributed by atoms with Gasteiger partial charge in [0.2, 0.25) is 0 Å². The highest BCUT2D eigenvalue weighted by Gasteiger charge is 2.24. The molecule has 0 saturated heterocycles. The number of hydrogen-bond acceptors (Lipinski definition) is 6. The second-order valence-electron chi connectivity index (χ2n) is 10.9. The monoisotopic (exact) mass is 642 g/mol. The molecule has 0 heterocycles. The molecule has 0 fully saturated rings. The highest BCUT2D eigenvalue weighted by atomic mass is 16.5. The third-order valence-corrected chi connectivity index (χ3v) is 7.45. The Kier molecular flexibility index (Phi) is 11.3. The molecule has 0 saturated carbocycles. The van der Waals surface area contributed by atoms with Crippen LogP contribution in [0.1, 0.15) is 42.2 Å². The smallest absolute Gasteiger partial charge is 0.326 e. The van der Waals surface area contributed by atoms with Crippen molar-refractivity contribution in [2.24, 2.45) is 0 Å². The summed E-state index contributed by atoms with van der Waals surface area (Å²) in [5.41, 5.74) is 2.76. The second kappa shape index (κ2) is 16.4. The van der Waals surface area contributed by atoms with E-state index in [1.54, 1.807) is 97.1 Å². The zero-order valence-electron chi connectivity index (χ0n) is 26.0. The van der Waals surface area contributed by atoms with Gasteiger partial charge in [0.25, 0.3) is 17.7 Å². The first-order valence-corrected chi connectivity index (χ1v) is 15.4. The molecule has 5 rings (SSSR count). The fraction of sp³-hybridized carbons (Fsp3) is 0.128. The Balaban J connectivity index is 1.15. The van der Waals surface area contributed by atoms with Crippen LogP contribution in [-0.4, -0.2) is 52.9 Å². The van der Waals surface area contributed by atoms with Gasteiger partial charge in [-0.2, -0.15) is 0 Å². The minimum Gasteiger partial charge on any atom is -0.492 e. The Morgan fingerprint density at radius 3 is 1.62 bits per heavy atom. The van der Waals surface area contributed by atoms with Gasteiger partial charge in [0.05, 0.1) is 6.54 Å². The van der Waals surface area contributed by atoms with Crippen molar-refractivity contribution in [2.75, 3.05) is 13.2 Å². The molecule has 242 valence electrons. The van der Waals surface area contributed by atoms with Gasteiger partial charge >= 0.3 is 5.97 Å². The maximum Gasteiger partial charge on any atom is 0.326 e. The SMILES string of the molecule is O=C(NC(Cc1ccc(OCc2ccccc2)cc1)C(=O)O)c1ccc(OCCN(C(=O)c2ccccc2)C(=O)c2ccccc2)cc1. The number of imide groups is 1. The number of nitrogens with one attached hydrogen (secondary N) is 1. The van der Waals surface area contributed by atoms with E-state index >= 15 is 0 Å². The molecule has 5 aromatic rings. The average Bonchev–Trinajstić information content (AvgIpc) is 3.13. The molecular weight excluding hydrogens is 608 g/mol. The van der Waals surface area contributed by atoms with Gasteiger partial charge in [-0.15, -0.1) is 0 Å². The summed E-state index contributed by atoms with van der Waals surface area (Å²) in [5, 5.41) is 12.4. The van der Waals surface area contributed by atoms with E-state index in [4.69, 9.17) is 9.47 Å². The van der Waals surface area contributed by atoms with Crippen molar-refractivity contribution in [1.82, 2.24) is 10.2 Å². The van der Waals surface area contributed by atoms with Crippen LogP contribution >= 0.6 is 0 Å². The lowest BCUT2D eigenvalue weighted by Gasteiger charge is -2.21. The summed E-state index contributed by atoms with van der Waals surface area (Å²) in [6.45, 7) is 0.419. The molecule has 3 amide bonds. The molecule has 0 aliphatic heterocycles. The van der Waals surface area contributed by atoms with E-state index in [0.717, 1.165) is 16.0 Å². The van der Waals surface area contributed by atoms with Crippen LogP contribution < -0.4 is 14.8 Å².